The molecule has 158 valence electrons. The van der Waals surface area contributed by atoms with Gasteiger partial charge in [0.2, 0.25) is 5.91 Å². The summed E-state index contributed by atoms with van der Waals surface area (Å²) in [5.74, 6) is 7.29. The molecule has 1 heterocycles. The highest BCUT2D eigenvalue weighted by Gasteiger charge is 2.57. The molecule has 0 spiro atoms. The van der Waals surface area contributed by atoms with E-state index in [1.165, 1.54) is 64.2 Å². The number of fused-ring (bicyclic) bond motifs is 5. The smallest absolute Gasteiger partial charge is 0.222 e. The molecule has 4 saturated carbocycles. The fourth-order valence-corrected chi connectivity index (χ4v) is 9.11. The van der Waals surface area contributed by atoms with Gasteiger partial charge in [0, 0.05) is 19.0 Å². The van der Waals surface area contributed by atoms with E-state index in [-0.39, 0.29) is 0 Å². The Bertz CT molecular complexity index is 601. The highest BCUT2D eigenvalue weighted by Crippen LogP contribution is 2.64. The minimum Gasteiger partial charge on any atom is -0.340 e. The summed E-state index contributed by atoms with van der Waals surface area (Å²) >= 11 is 0. The van der Waals surface area contributed by atoms with E-state index in [1.807, 2.05) is 0 Å². The number of nitrogens with zero attached hydrogens (tertiary/aromatic N) is 1. The lowest BCUT2D eigenvalue weighted by Gasteiger charge is -2.56. The first kappa shape index (κ1) is 19.4. The molecule has 5 rings (SSSR count). The molecule has 2 heteroatoms. The molecule has 5 fully saturated rings. The number of carbonyl (C=O) groups is 1. The molecule has 1 amide bonds. The van der Waals surface area contributed by atoms with Crippen molar-refractivity contribution in [3.63, 3.8) is 0 Å². The maximum atomic E-state index is 12.6. The van der Waals surface area contributed by atoms with Crippen molar-refractivity contribution in [1.82, 2.24) is 4.90 Å². The molecule has 0 bridgehead atoms. The van der Waals surface area contributed by atoms with E-state index in [0.717, 1.165) is 60.8 Å². The van der Waals surface area contributed by atoms with Gasteiger partial charge in [0.1, 0.15) is 0 Å². The molecular weight excluding hydrogens is 342 g/mol. The minimum absolute atomic E-state index is 0.441. The van der Waals surface area contributed by atoms with E-state index in [2.05, 4.69) is 25.7 Å². The van der Waals surface area contributed by atoms with E-state index in [0.29, 0.717) is 17.4 Å². The normalized spacial score (nSPS) is 51.4. The third-order valence-electron chi connectivity index (χ3n) is 10.7. The van der Waals surface area contributed by atoms with Crippen LogP contribution in [0.2, 0.25) is 0 Å². The maximum absolute atomic E-state index is 12.6. The first-order chi connectivity index (χ1) is 13.5. The fourth-order valence-electron chi connectivity index (χ4n) is 9.11. The number of rotatable bonds is 2. The molecule has 4 aliphatic carbocycles. The second-order valence-corrected chi connectivity index (χ2v) is 12.0. The van der Waals surface area contributed by atoms with Gasteiger partial charge in [0.05, 0.1) is 0 Å². The van der Waals surface area contributed by atoms with Crippen LogP contribution < -0.4 is 0 Å². The summed E-state index contributed by atoms with van der Waals surface area (Å²) < 4.78 is 0. The third-order valence-corrected chi connectivity index (χ3v) is 10.7. The Kier molecular flexibility index (Phi) is 5.07. The molecule has 1 aliphatic heterocycles. The zero-order valence-electron chi connectivity index (χ0n) is 18.7. The van der Waals surface area contributed by atoms with Gasteiger partial charge in [-0.15, -0.1) is 0 Å². The quantitative estimate of drug-likeness (QED) is 0.547. The molecule has 0 N–H and O–H groups in total. The highest BCUT2D eigenvalue weighted by atomic mass is 16.2. The lowest BCUT2D eigenvalue weighted by atomic mass is 9.49. The third kappa shape index (κ3) is 3.07. The SMILES string of the molecule is C[C@H]1CC[C@@H]2C3CC[C@@]4(C)C(CC[C@@H]4CN4C(=O)CCC[C@@H]4C)[C@@H]3CC[C@@H]2C1. The molecule has 1 saturated heterocycles. The number of carbonyl (C=O) groups excluding carboxylic acids is 1. The second kappa shape index (κ2) is 7.31. The molecule has 5 aliphatic rings. The van der Waals surface area contributed by atoms with Gasteiger partial charge in [-0.3, -0.25) is 4.79 Å². The van der Waals surface area contributed by atoms with Crippen LogP contribution in [0.3, 0.4) is 0 Å². The summed E-state index contributed by atoms with van der Waals surface area (Å²) in [4.78, 5) is 14.9. The number of likely N-dealkylation sites (tertiary alicyclic amines) is 1. The first-order valence-electron chi connectivity index (χ1n) is 12.8. The molecule has 9 atom stereocenters. The molecule has 2 nitrogen and oxygen atoms in total. The number of hydrogen-bond donors (Lipinski definition) is 0. The molecular formula is C26H43NO. The Hall–Kier alpha value is -0.530. The van der Waals surface area contributed by atoms with Crippen molar-refractivity contribution in [2.24, 2.45) is 46.8 Å². The summed E-state index contributed by atoms with van der Waals surface area (Å²) in [7, 11) is 0. The number of amides is 1. The van der Waals surface area contributed by atoms with Crippen LogP contribution in [0.4, 0.5) is 0 Å². The number of piperidine rings is 1. The lowest BCUT2D eigenvalue weighted by Crippen LogP contribution is -2.51. The summed E-state index contributed by atoms with van der Waals surface area (Å²) in [6.07, 6.45) is 16.5. The Morgan fingerprint density at radius 2 is 1.75 bits per heavy atom. The Morgan fingerprint density at radius 1 is 0.929 bits per heavy atom. The van der Waals surface area contributed by atoms with Gasteiger partial charge in [0.25, 0.3) is 0 Å². The van der Waals surface area contributed by atoms with Crippen LogP contribution in [-0.4, -0.2) is 23.4 Å². The summed E-state index contributed by atoms with van der Waals surface area (Å²) in [5, 5.41) is 0. The lowest BCUT2D eigenvalue weighted by molar-refractivity contribution is -0.138. The van der Waals surface area contributed by atoms with Crippen molar-refractivity contribution in [2.75, 3.05) is 6.54 Å². The molecule has 28 heavy (non-hydrogen) atoms. The van der Waals surface area contributed by atoms with Crippen LogP contribution in [0.5, 0.6) is 0 Å². The van der Waals surface area contributed by atoms with Crippen molar-refractivity contribution in [2.45, 2.75) is 104 Å². The van der Waals surface area contributed by atoms with Crippen LogP contribution >= 0.6 is 0 Å². The Balaban J connectivity index is 1.31. The largest absolute Gasteiger partial charge is 0.340 e. The van der Waals surface area contributed by atoms with Gasteiger partial charge in [0.15, 0.2) is 0 Å². The van der Waals surface area contributed by atoms with Crippen LogP contribution in [0.25, 0.3) is 0 Å². The van der Waals surface area contributed by atoms with Crippen molar-refractivity contribution in [3.8, 4) is 0 Å². The summed E-state index contributed by atoms with van der Waals surface area (Å²) in [5.41, 5.74) is 0.507. The maximum Gasteiger partial charge on any atom is 0.222 e. The minimum atomic E-state index is 0.441. The van der Waals surface area contributed by atoms with E-state index < -0.39 is 0 Å². The molecule has 0 aromatic rings. The zero-order chi connectivity index (χ0) is 19.5. The average molecular weight is 386 g/mol. The monoisotopic (exact) mass is 385 g/mol. The second-order valence-electron chi connectivity index (χ2n) is 12.0. The van der Waals surface area contributed by atoms with E-state index in [1.54, 1.807) is 0 Å². The summed E-state index contributed by atoms with van der Waals surface area (Å²) in [6, 6.07) is 0.472. The fraction of sp³-hybridized carbons (Fsp3) is 0.962. The molecule has 0 radical (unpaired) electrons. The van der Waals surface area contributed by atoms with Crippen LogP contribution in [0.1, 0.15) is 97.8 Å². The van der Waals surface area contributed by atoms with Crippen LogP contribution in [0, 0.1) is 46.8 Å². The highest BCUT2D eigenvalue weighted by molar-refractivity contribution is 5.77. The van der Waals surface area contributed by atoms with Gasteiger partial charge in [-0.2, -0.15) is 0 Å². The molecule has 2 unspecified atom stereocenters. The predicted octanol–water partition coefficient (Wildman–Crippen LogP) is 6.29. The summed E-state index contributed by atoms with van der Waals surface area (Å²) in [6.45, 7) is 8.48. The van der Waals surface area contributed by atoms with E-state index in [4.69, 9.17) is 0 Å². The standard InChI is InChI=1S/C26H43NO/c1-17-7-10-21-19(15-17)8-11-23-22(21)13-14-26(3)20(9-12-24(23)26)16-27-18(2)5-4-6-25(27)28/h17-24H,4-16H2,1-3H3/t17-,18-,19+,20+,21-,22?,23+,24?,26+/m0/s1. The van der Waals surface area contributed by atoms with Crippen LogP contribution in [0.15, 0.2) is 0 Å². The topological polar surface area (TPSA) is 20.3 Å². The van der Waals surface area contributed by atoms with Gasteiger partial charge >= 0.3 is 0 Å². The van der Waals surface area contributed by atoms with Crippen molar-refractivity contribution in [1.29, 1.82) is 0 Å². The zero-order valence-corrected chi connectivity index (χ0v) is 18.7. The van der Waals surface area contributed by atoms with Gasteiger partial charge in [-0.25, -0.2) is 0 Å². The average Bonchev–Trinajstić information content (AvgIpc) is 3.00. The van der Waals surface area contributed by atoms with E-state index in [9.17, 15) is 4.79 Å². The van der Waals surface area contributed by atoms with Crippen molar-refractivity contribution < 1.29 is 4.79 Å². The van der Waals surface area contributed by atoms with Gasteiger partial charge in [-0.05, 0) is 118 Å². The number of hydrogen-bond acceptors (Lipinski definition) is 1. The van der Waals surface area contributed by atoms with Crippen molar-refractivity contribution in [3.05, 3.63) is 0 Å². The van der Waals surface area contributed by atoms with Crippen molar-refractivity contribution >= 4 is 5.91 Å². The predicted molar refractivity (Wildman–Crippen MR) is 115 cm³/mol. The molecule has 0 aromatic carbocycles. The van der Waals surface area contributed by atoms with Gasteiger partial charge in [-0.1, -0.05) is 20.3 Å². The first-order valence-corrected chi connectivity index (χ1v) is 12.8. The Morgan fingerprint density at radius 3 is 2.57 bits per heavy atom. The van der Waals surface area contributed by atoms with Gasteiger partial charge < -0.3 is 4.90 Å². The molecule has 0 aromatic heterocycles. The Labute approximate surface area is 173 Å². The van der Waals surface area contributed by atoms with E-state index >= 15 is 0 Å². The van der Waals surface area contributed by atoms with Crippen LogP contribution in [-0.2, 0) is 4.79 Å².